The van der Waals surface area contributed by atoms with Crippen molar-refractivity contribution in [3.63, 3.8) is 0 Å². The predicted octanol–water partition coefficient (Wildman–Crippen LogP) is 2.17. The fraction of sp³-hybridized carbons (Fsp3) is 0.217. The summed E-state index contributed by atoms with van der Waals surface area (Å²) < 4.78 is 32.8. The molecule has 4 rings (SSSR count). The van der Waals surface area contributed by atoms with Gasteiger partial charge in [0.1, 0.15) is 11.6 Å². The molecule has 1 aliphatic heterocycles. The third-order valence-electron chi connectivity index (χ3n) is 5.55. The van der Waals surface area contributed by atoms with Gasteiger partial charge >= 0.3 is 0 Å². The number of rotatable bonds is 6. The lowest BCUT2D eigenvalue weighted by atomic mass is 10.1. The van der Waals surface area contributed by atoms with Crippen molar-refractivity contribution >= 4 is 32.5 Å². The van der Waals surface area contributed by atoms with E-state index in [0.717, 1.165) is 16.3 Å². The largest absolute Gasteiger partial charge is 0.497 e. The van der Waals surface area contributed by atoms with Gasteiger partial charge in [0.15, 0.2) is 0 Å². The van der Waals surface area contributed by atoms with E-state index in [0.29, 0.717) is 17.9 Å². The van der Waals surface area contributed by atoms with Gasteiger partial charge in [-0.25, -0.2) is 8.42 Å². The highest BCUT2D eigenvalue weighted by Gasteiger charge is 2.33. The Morgan fingerprint density at radius 1 is 1.06 bits per heavy atom. The molecule has 1 fully saturated rings. The lowest BCUT2D eigenvalue weighted by Gasteiger charge is -2.33. The number of hydrogen-bond donors (Lipinski definition) is 2. The summed E-state index contributed by atoms with van der Waals surface area (Å²) in [5, 5.41) is 9.21. The van der Waals surface area contributed by atoms with Crippen LogP contribution in [0.15, 0.2) is 65.6 Å². The Morgan fingerprint density at radius 2 is 1.81 bits per heavy atom. The van der Waals surface area contributed by atoms with Crippen LogP contribution in [0.3, 0.4) is 0 Å². The molecule has 166 valence electrons. The molecule has 1 amide bonds. The van der Waals surface area contributed by atoms with E-state index >= 15 is 0 Å². The number of fused-ring (bicyclic) bond motifs is 1. The number of carbonyl (C=O) groups is 1. The van der Waals surface area contributed by atoms with Crippen LogP contribution in [0.2, 0.25) is 0 Å². The van der Waals surface area contributed by atoms with Crippen molar-refractivity contribution in [1.82, 2.24) is 9.21 Å². The number of sulfonamides is 1. The first-order chi connectivity index (χ1) is 15.3. The minimum Gasteiger partial charge on any atom is -0.497 e. The van der Waals surface area contributed by atoms with Crippen molar-refractivity contribution in [3.8, 4) is 5.75 Å². The van der Waals surface area contributed by atoms with Gasteiger partial charge < -0.3 is 15.4 Å². The summed E-state index contributed by atoms with van der Waals surface area (Å²) in [6.07, 6.45) is 0. The summed E-state index contributed by atoms with van der Waals surface area (Å²) in [5.41, 5.74) is 6.96. The number of hydrogen-bond acceptors (Lipinski definition) is 5. The minimum atomic E-state index is -3.81. The van der Waals surface area contributed by atoms with E-state index in [1.807, 2.05) is 18.2 Å². The molecular formula is C23H24N4O4S. The van der Waals surface area contributed by atoms with Crippen molar-refractivity contribution < 1.29 is 17.9 Å². The first kappa shape index (κ1) is 21.8. The van der Waals surface area contributed by atoms with Gasteiger partial charge in [0.25, 0.3) is 0 Å². The van der Waals surface area contributed by atoms with Crippen molar-refractivity contribution in [2.75, 3.05) is 26.7 Å². The lowest BCUT2D eigenvalue weighted by molar-refractivity contribution is -0.134. The molecule has 1 aliphatic rings. The Balaban J connectivity index is 1.50. The number of nitrogens with one attached hydrogen (secondary N) is 1. The predicted molar refractivity (Wildman–Crippen MR) is 122 cm³/mol. The molecule has 0 saturated carbocycles. The summed E-state index contributed by atoms with van der Waals surface area (Å²) in [5.74, 6) is 0.394. The zero-order valence-corrected chi connectivity index (χ0v) is 18.4. The van der Waals surface area contributed by atoms with Gasteiger partial charge in [0.2, 0.25) is 15.9 Å². The van der Waals surface area contributed by atoms with Crippen LogP contribution in [-0.2, 0) is 21.4 Å². The van der Waals surface area contributed by atoms with Crippen LogP contribution in [0.1, 0.15) is 11.1 Å². The Bertz CT molecular complexity index is 1310. The number of carbonyl (C=O) groups excluding carboxylic acids is 1. The maximum atomic E-state index is 13.2. The molecule has 0 aromatic heterocycles. The Kier molecular flexibility index (Phi) is 5.86. The van der Waals surface area contributed by atoms with E-state index in [-0.39, 0.29) is 36.3 Å². The molecule has 32 heavy (non-hydrogen) atoms. The normalized spacial score (nSPS) is 15.2. The second kappa shape index (κ2) is 8.60. The van der Waals surface area contributed by atoms with Crippen LogP contribution < -0.4 is 10.5 Å². The van der Waals surface area contributed by atoms with Crippen LogP contribution in [0, 0.1) is 5.41 Å². The summed E-state index contributed by atoms with van der Waals surface area (Å²) in [7, 11) is -2.23. The second-order valence-corrected chi connectivity index (χ2v) is 9.58. The van der Waals surface area contributed by atoms with E-state index in [2.05, 4.69) is 0 Å². The second-order valence-electron chi connectivity index (χ2n) is 7.64. The van der Waals surface area contributed by atoms with Crippen molar-refractivity contribution in [2.45, 2.75) is 11.4 Å². The molecular weight excluding hydrogens is 428 g/mol. The number of nitrogens with zero attached hydrogens (tertiary/aromatic N) is 2. The summed E-state index contributed by atoms with van der Waals surface area (Å²) in [6, 6.07) is 17.5. The van der Waals surface area contributed by atoms with E-state index in [4.69, 9.17) is 15.9 Å². The zero-order chi connectivity index (χ0) is 22.9. The number of benzene rings is 3. The van der Waals surface area contributed by atoms with E-state index < -0.39 is 10.0 Å². The third-order valence-corrected chi connectivity index (χ3v) is 7.39. The quantitative estimate of drug-likeness (QED) is 0.439. The van der Waals surface area contributed by atoms with E-state index in [1.165, 1.54) is 4.31 Å². The molecule has 8 nitrogen and oxygen atoms in total. The molecule has 3 N–H and O–H groups in total. The van der Waals surface area contributed by atoms with Crippen LogP contribution in [0.4, 0.5) is 0 Å². The van der Waals surface area contributed by atoms with Gasteiger partial charge in [0, 0.05) is 25.2 Å². The summed E-state index contributed by atoms with van der Waals surface area (Å²) in [6.45, 7) is 0.620. The Morgan fingerprint density at radius 3 is 2.53 bits per heavy atom. The number of ether oxygens (including phenoxy) is 1. The van der Waals surface area contributed by atoms with E-state index in [9.17, 15) is 13.2 Å². The third kappa shape index (κ3) is 4.30. The van der Waals surface area contributed by atoms with Gasteiger partial charge in [-0.3, -0.25) is 10.2 Å². The summed E-state index contributed by atoms with van der Waals surface area (Å²) in [4.78, 5) is 14.5. The number of amidine groups is 1. The average Bonchev–Trinajstić information content (AvgIpc) is 2.79. The molecule has 0 radical (unpaired) electrons. The van der Waals surface area contributed by atoms with Crippen LogP contribution in [0.25, 0.3) is 10.8 Å². The van der Waals surface area contributed by atoms with Gasteiger partial charge in [0.05, 0.1) is 18.6 Å². The monoisotopic (exact) mass is 452 g/mol. The first-order valence-corrected chi connectivity index (χ1v) is 11.5. The van der Waals surface area contributed by atoms with Crippen molar-refractivity contribution in [2.24, 2.45) is 5.73 Å². The maximum Gasteiger partial charge on any atom is 0.243 e. The zero-order valence-electron chi connectivity index (χ0n) is 17.6. The molecule has 0 atom stereocenters. The van der Waals surface area contributed by atoms with Crippen molar-refractivity contribution in [3.05, 3.63) is 71.8 Å². The highest BCUT2D eigenvalue weighted by atomic mass is 32.2. The minimum absolute atomic E-state index is 0.0390. The standard InChI is InChI=1S/C23H24N4O4S/c1-31-20-7-5-18-13-21(8-6-17(18)12-20)32(29,30)27-10-9-26(22(28)15-27)14-16-3-2-4-19(11-16)23(24)25/h2-8,11-13H,9-10,14-15H2,1H3,(H3,24,25). The number of methoxy groups -OCH3 is 1. The summed E-state index contributed by atoms with van der Waals surface area (Å²) >= 11 is 0. The van der Waals surface area contributed by atoms with Gasteiger partial charge in [-0.2, -0.15) is 4.31 Å². The molecule has 1 saturated heterocycles. The fourth-order valence-electron chi connectivity index (χ4n) is 3.76. The maximum absolute atomic E-state index is 13.2. The molecule has 0 spiro atoms. The van der Waals surface area contributed by atoms with Crippen LogP contribution in [-0.4, -0.2) is 56.1 Å². The highest BCUT2D eigenvalue weighted by Crippen LogP contribution is 2.26. The van der Waals surface area contributed by atoms with Crippen LogP contribution >= 0.6 is 0 Å². The fourth-order valence-corrected chi connectivity index (χ4v) is 5.17. The topological polar surface area (TPSA) is 117 Å². The molecule has 0 aliphatic carbocycles. The van der Waals surface area contributed by atoms with Gasteiger partial charge in [-0.05, 0) is 46.7 Å². The SMILES string of the molecule is COc1ccc2cc(S(=O)(=O)N3CCN(Cc4cccc(C(=N)N)c4)C(=O)C3)ccc2c1. The Labute approximate surface area is 186 Å². The van der Waals surface area contributed by atoms with E-state index in [1.54, 1.807) is 54.5 Å². The Hall–Kier alpha value is -3.43. The smallest absolute Gasteiger partial charge is 0.243 e. The molecule has 0 bridgehead atoms. The number of nitrogens with two attached hydrogens (primary N) is 1. The number of amides is 1. The highest BCUT2D eigenvalue weighted by molar-refractivity contribution is 7.89. The van der Waals surface area contributed by atoms with Crippen molar-refractivity contribution in [1.29, 1.82) is 5.41 Å². The first-order valence-electron chi connectivity index (χ1n) is 10.1. The molecule has 3 aromatic carbocycles. The molecule has 9 heteroatoms. The van der Waals surface area contributed by atoms with Gasteiger partial charge in [-0.15, -0.1) is 0 Å². The molecule has 3 aromatic rings. The number of nitrogen functional groups attached to an aromatic ring is 1. The van der Waals surface area contributed by atoms with Crippen LogP contribution in [0.5, 0.6) is 5.75 Å². The molecule has 0 unspecified atom stereocenters. The van der Waals surface area contributed by atoms with Gasteiger partial charge in [-0.1, -0.05) is 30.3 Å². The lowest BCUT2D eigenvalue weighted by Crippen LogP contribution is -2.51. The molecule has 1 heterocycles. The average molecular weight is 453 g/mol. The number of piperazine rings is 1.